The van der Waals surface area contributed by atoms with Crippen LogP contribution < -0.4 is 4.74 Å². The van der Waals surface area contributed by atoms with E-state index in [2.05, 4.69) is 13.8 Å². The topological polar surface area (TPSA) is 52.6 Å². The molecular formula is C30H48O4. The van der Waals surface area contributed by atoms with Crippen molar-refractivity contribution in [2.75, 3.05) is 13.2 Å². The number of Topliss-reactive ketones (excluding diaryl/α,β-unsaturated/α-hetero) is 1. The zero-order chi connectivity index (χ0) is 24.4. The predicted octanol–water partition coefficient (Wildman–Crippen LogP) is 8.32. The maximum absolute atomic E-state index is 12.5. The first-order valence-electron chi connectivity index (χ1n) is 14.1. The molecule has 1 aliphatic carbocycles. The summed E-state index contributed by atoms with van der Waals surface area (Å²) in [5, 5.41) is 0. The van der Waals surface area contributed by atoms with Gasteiger partial charge in [0, 0.05) is 5.56 Å². The minimum absolute atomic E-state index is 0.0395. The highest BCUT2D eigenvalue weighted by atomic mass is 16.5. The van der Waals surface area contributed by atoms with Crippen LogP contribution in [-0.4, -0.2) is 25.0 Å². The van der Waals surface area contributed by atoms with E-state index >= 15 is 0 Å². The van der Waals surface area contributed by atoms with Crippen LogP contribution in [0.4, 0.5) is 0 Å². The molecule has 192 valence electrons. The average Bonchev–Trinajstić information content (AvgIpc) is 2.87. The third kappa shape index (κ3) is 11.5. The molecule has 0 N–H and O–H groups in total. The van der Waals surface area contributed by atoms with Gasteiger partial charge < -0.3 is 9.47 Å². The molecule has 1 aliphatic rings. The van der Waals surface area contributed by atoms with Crippen LogP contribution in [0, 0.1) is 11.8 Å². The van der Waals surface area contributed by atoms with Gasteiger partial charge in [0.25, 0.3) is 0 Å². The van der Waals surface area contributed by atoms with E-state index in [0.29, 0.717) is 12.2 Å². The van der Waals surface area contributed by atoms with Crippen LogP contribution in [0.2, 0.25) is 0 Å². The van der Waals surface area contributed by atoms with Crippen molar-refractivity contribution in [2.45, 2.75) is 117 Å². The Labute approximate surface area is 208 Å². The Morgan fingerprint density at radius 1 is 0.765 bits per heavy atom. The molecule has 0 heterocycles. The molecular weight excluding hydrogens is 424 g/mol. The molecule has 0 saturated heterocycles. The van der Waals surface area contributed by atoms with Crippen molar-refractivity contribution in [3.8, 4) is 5.75 Å². The van der Waals surface area contributed by atoms with Gasteiger partial charge >= 0.3 is 5.97 Å². The molecule has 0 aromatic heterocycles. The number of benzene rings is 1. The second kappa shape index (κ2) is 17.6. The zero-order valence-corrected chi connectivity index (χ0v) is 21.8. The molecule has 0 aliphatic heterocycles. The van der Waals surface area contributed by atoms with E-state index < -0.39 is 0 Å². The lowest BCUT2D eigenvalue weighted by Crippen LogP contribution is -2.25. The molecule has 0 radical (unpaired) electrons. The number of rotatable bonds is 18. The Morgan fingerprint density at radius 3 is 2.00 bits per heavy atom. The van der Waals surface area contributed by atoms with Crippen LogP contribution in [0.3, 0.4) is 0 Å². The Morgan fingerprint density at radius 2 is 1.35 bits per heavy atom. The average molecular weight is 473 g/mol. The summed E-state index contributed by atoms with van der Waals surface area (Å²) in [7, 11) is 0. The smallest absolute Gasteiger partial charge is 0.309 e. The Bertz CT molecular complexity index is 674. The van der Waals surface area contributed by atoms with Crippen molar-refractivity contribution >= 4 is 11.8 Å². The van der Waals surface area contributed by atoms with Gasteiger partial charge in [-0.15, -0.1) is 0 Å². The Balaban J connectivity index is 1.57. The number of ketones is 1. The molecule has 34 heavy (non-hydrogen) atoms. The van der Waals surface area contributed by atoms with Gasteiger partial charge in [-0.3, -0.25) is 9.59 Å². The molecule has 2 rings (SSSR count). The highest BCUT2D eigenvalue weighted by Gasteiger charge is 2.27. The van der Waals surface area contributed by atoms with Gasteiger partial charge in [-0.25, -0.2) is 0 Å². The Kier molecular flexibility index (Phi) is 14.7. The first-order valence-corrected chi connectivity index (χ1v) is 14.1. The summed E-state index contributed by atoms with van der Waals surface area (Å²) >= 11 is 0. The normalized spacial score (nSPS) is 17.9. The Hall–Kier alpha value is -1.84. The lowest BCUT2D eigenvalue weighted by Gasteiger charge is -2.27. The van der Waals surface area contributed by atoms with Crippen molar-refractivity contribution in [2.24, 2.45) is 11.8 Å². The summed E-state index contributed by atoms with van der Waals surface area (Å²) in [6.45, 7) is 5.01. The van der Waals surface area contributed by atoms with Crippen molar-refractivity contribution in [3.05, 3.63) is 29.8 Å². The lowest BCUT2D eigenvalue weighted by molar-refractivity contribution is -0.148. The van der Waals surface area contributed by atoms with Gasteiger partial charge in [0.2, 0.25) is 0 Å². The number of carbonyl (C=O) groups excluding carboxylic acids is 2. The maximum Gasteiger partial charge on any atom is 0.309 e. The molecule has 0 spiro atoms. The van der Waals surface area contributed by atoms with E-state index in [-0.39, 0.29) is 24.3 Å². The number of carbonyl (C=O) groups is 2. The quantitative estimate of drug-likeness (QED) is 0.122. The minimum atomic E-state index is -0.203. The van der Waals surface area contributed by atoms with E-state index in [1.165, 1.54) is 70.6 Å². The SMILES string of the molecule is CCCCCCCCCCOc1ccc(C(=O)COC(=O)C2CCC(CCCCC)CC2)cc1. The molecule has 0 amide bonds. The summed E-state index contributed by atoms with van der Waals surface area (Å²) in [5.41, 5.74) is 0.562. The van der Waals surface area contributed by atoms with E-state index in [9.17, 15) is 9.59 Å². The first-order chi connectivity index (χ1) is 16.6. The van der Waals surface area contributed by atoms with Crippen LogP contribution in [0.5, 0.6) is 5.75 Å². The fraction of sp³-hybridized carbons (Fsp3) is 0.733. The van der Waals surface area contributed by atoms with Gasteiger partial charge in [-0.1, -0.05) is 84.5 Å². The zero-order valence-electron chi connectivity index (χ0n) is 21.8. The maximum atomic E-state index is 12.5. The summed E-state index contributed by atoms with van der Waals surface area (Å²) in [4.78, 5) is 24.9. The van der Waals surface area contributed by atoms with E-state index in [4.69, 9.17) is 9.47 Å². The number of unbranched alkanes of at least 4 members (excludes halogenated alkanes) is 9. The molecule has 0 unspecified atom stereocenters. The molecule has 1 saturated carbocycles. The van der Waals surface area contributed by atoms with Gasteiger partial charge in [-0.05, 0) is 62.3 Å². The molecule has 1 aromatic rings. The van der Waals surface area contributed by atoms with Gasteiger partial charge in [0.05, 0.1) is 12.5 Å². The largest absolute Gasteiger partial charge is 0.494 e. The highest BCUT2D eigenvalue weighted by molar-refractivity contribution is 5.98. The lowest BCUT2D eigenvalue weighted by atomic mass is 9.80. The van der Waals surface area contributed by atoms with Gasteiger partial charge in [-0.2, -0.15) is 0 Å². The minimum Gasteiger partial charge on any atom is -0.494 e. The third-order valence-electron chi connectivity index (χ3n) is 7.18. The summed E-state index contributed by atoms with van der Waals surface area (Å²) in [6.07, 6.45) is 19.4. The predicted molar refractivity (Wildman–Crippen MR) is 139 cm³/mol. The van der Waals surface area contributed by atoms with Crippen LogP contribution in [-0.2, 0) is 9.53 Å². The standard InChI is InChI=1S/C30H48O4/c1-3-5-7-8-9-10-11-13-23-33-28-21-19-26(20-22-28)29(31)24-34-30(32)27-17-15-25(16-18-27)14-12-6-4-2/h19-22,25,27H,3-18,23-24H2,1-2H3. The van der Waals surface area contributed by atoms with E-state index in [1.807, 2.05) is 12.1 Å². The van der Waals surface area contributed by atoms with Crippen LogP contribution in [0.1, 0.15) is 127 Å². The molecule has 4 heteroatoms. The van der Waals surface area contributed by atoms with Crippen molar-refractivity contribution < 1.29 is 19.1 Å². The van der Waals surface area contributed by atoms with Crippen LogP contribution in [0.25, 0.3) is 0 Å². The second-order valence-electron chi connectivity index (χ2n) is 10.1. The summed E-state index contributed by atoms with van der Waals surface area (Å²) < 4.78 is 11.2. The molecule has 0 atom stereocenters. The highest BCUT2D eigenvalue weighted by Crippen LogP contribution is 2.32. The van der Waals surface area contributed by atoms with Crippen LogP contribution >= 0.6 is 0 Å². The molecule has 4 nitrogen and oxygen atoms in total. The van der Waals surface area contributed by atoms with Crippen molar-refractivity contribution in [1.82, 2.24) is 0 Å². The second-order valence-corrected chi connectivity index (χ2v) is 10.1. The molecule has 1 aromatic carbocycles. The first kappa shape index (κ1) is 28.4. The number of hydrogen-bond donors (Lipinski definition) is 0. The van der Waals surface area contributed by atoms with E-state index in [0.717, 1.165) is 43.8 Å². The van der Waals surface area contributed by atoms with Crippen molar-refractivity contribution in [1.29, 1.82) is 0 Å². The van der Waals surface area contributed by atoms with Crippen LogP contribution in [0.15, 0.2) is 24.3 Å². The van der Waals surface area contributed by atoms with Crippen molar-refractivity contribution in [3.63, 3.8) is 0 Å². The fourth-order valence-electron chi connectivity index (χ4n) is 4.87. The van der Waals surface area contributed by atoms with Gasteiger partial charge in [0.1, 0.15) is 5.75 Å². The number of ether oxygens (including phenoxy) is 2. The van der Waals surface area contributed by atoms with Gasteiger partial charge in [0.15, 0.2) is 12.4 Å². The third-order valence-corrected chi connectivity index (χ3v) is 7.18. The fourth-order valence-corrected chi connectivity index (χ4v) is 4.87. The summed E-state index contributed by atoms with van der Waals surface area (Å²) in [5.74, 6) is 1.14. The molecule has 1 fully saturated rings. The number of hydrogen-bond acceptors (Lipinski definition) is 4. The molecule has 0 bridgehead atoms. The number of esters is 1. The van der Waals surface area contributed by atoms with E-state index in [1.54, 1.807) is 12.1 Å². The monoisotopic (exact) mass is 472 g/mol. The summed E-state index contributed by atoms with van der Waals surface area (Å²) in [6, 6.07) is 7.20.